The molecule has 2 aromatic rings. The Hall–Kier alpha value is -1.89. The minimum atomic E-state index is -3.95. The number of aliphatic carboxylic acids is 1. The molecule has 2 rings (SSSR count). The molecule has 5 nitrogen and oxygen atoms in total. The van der Waals surface area contributed by atoms with Crippen LogP contribution < -0.4 is 9.83 Å². The summed E-state index contributed by atoms with van der Waals surface area (Å²) in [4.78, 5) is 11.3. The Morgan fingerprint density at radius 1 is 1.13 bits per heavy atom. The highest BCUT2D eigenvalue weighted by Crippen LogP contribution is 2.14. The molecule has 122 valence electrons. The number of hydrogen-bond donors (Lipinski definition) is 1. The lowest BCUT2D eigenvalue weighted by atomic mass is 10.1. The van der Waals surface area contributed by atoms with E-state index in [0.29, 0.717) is 10.6 Å². The fraction of sp³-hybridized carbons (Fsp3) is 0.188. The monoisotopic (exact) mass is 352 g/mol. The van der Waals surface area contributed by atoms with E-state index in [1.807, 2.05) is 6.92 Å². The van der Waals surface area contributed by atoms with Crippen LogP contribution in [0.4, 0.5) is 0 Å². The van der Waals surface area contributed by atoms with Gasteiger partial charge in [0, 0.05) is 5.02 Å². The second-order valence-corrected chi connectivity index (χ2v) is 7.29. The third-order valence-electron chi connectivity index (χ3n) is 3.27. The zero-order valence-electron chi connectivity index (χ0n) is 12.3. The van der Waals surface area contributed by atoms with Gasteiger partial charge in [-0.3, -0.25) is 0 Å². The highest BCUT2D eigenvalue weighted by molar-refractivity contribution is 7.89. The van der Waals surface area contributed by atoms with E-state index in [4.69, 9.17) is 11.6 Å². The third kappa shape index (κ3) is 4.79. The molecule has 0 fully saturated rings. The van der Waals surface area contributed by atoms with Gasteiger partial charge in [-0.05, 0) is 43.2 Å². The van der Waals surface area contributed by atoms with Crippen LogP contribution in [0.5, 0.6) is 0 Å². The van der Waals surface area contributed by atoms with Gasteiger partial charge in [-0.25, -0.2) is 13.1 Å². The summed E-state index contributed by atoms with van der Waals surface area (Å²) in [5, 5.41) is 11.8. The van der Waals surface area contributed by atoms with E-state index in [1.165, 1.54) is 12.1 Å². The van der Waals surface area contributed by atoms with Gasteiger partial charge in [0.2, 0.25) is 10.0 Å². The summed E-state index contributed by atoms with van der Waals surface area (Å²) in [6, 6.07) is 11.2. The lowest BCUT2D eigenvalue weighted by Gasteiger charge is -2.20. The molecule has 0 spiro atoms. The average molecular weight is 353 g/mol. The molecule has 23 heavy (non-hydrogen) atoms. The molecular weight excluding hydrogens is 338 g/mol. The quantitative estimate of drug-likeness (QED) is 0.848. The summed E-state index contributed by atoms with van der Waals surface area (Å²) in [6.45, 7) is 1.83. The molecule has 0 radical (unpaired) electrons. The molecule has 0 amide bonds. The fourth-order valence-corrected chi connectivity index (χ4v) is 3.31. The number of carbonyl (C=O) groups excluding carboxylic acids is 1. The van der Waals surface area contributed by atoms with Crippen molar-refractivity contribution in [1.82, 2.24) is 4.72 Å². The number of hydrogen-bond acceptors (Lipinski definition) is 4. The minimum Gasteiger partial charge on any atom is -0.548 e. The van der Waals surface area contributed by atoms with Crippen LogP contribution in [0.2, 0.25) is 5.02 Å². The van der Waals surface area contributed by atoms with E-state index in [-0.39, 0.29) is 11.3 Å². The molecule has 0 aliphatic rings. The SMILES string of the molecule is Cc1ccc(S(=O)(=O)N[C@@H](Cc2ccc(Cl)cc2)C(=O)[O-])cc1. The van der Waals surface area contributed by atoms with Crippen molar-refractivity contribution in [3.05, 3.63) is 64.7 Å². The molecule has 7 heteroatoms. The van der Waals surface area contributed by atoms with Crippen LogP contribution in [0.25, 0.3) is 0 Å². The Bertz CT molecular complexity index is 786. The summed E-state index contributed by atoms with van der Waals surface area (Å²) < 4.78 is 26.7. The number of carboxylic acid groups (broad SMARTS) is 1. The molecule has 0 aliphatic carbocycles. The molecule has 1 N–H and O–H groups in total. The van der Waals surface area contributed by atoms with Gasteiger partial charge in [0.25, 0.3) is 0 Å². The van der Waals surface area contributed by atoms with Crippen LogP contribution >= 0.6 is 11.6 Å². The summed E-state index contributed by atoms with van der Waals surface area (Å²) >= 11 is 5.77. The maximum atomic E-state index is 12.3. The minimum absolute atomic E-state index is 0.00505. The van der Waals surface area contributed by atoms with Gasteiger partial charge in [0.05, 0.1) is 16.9 Å². The molecule has 0 saturated heterocycles. The van der Waals surface area contributed by atoms with Crippen molar-refractivity contribution in [3.8, 4) is 0 Å². The number of sulfonamides is 1. The van der Waals surface area contributed by atoms with Crippen molar-refractivity contribution in [3.63, 3.8) is 0 Å². The first-order valence-corrected chi connectivity index (χ1v) is 8.68. The van der Waals surface area contributed by atoms with Crippen LogP contribution in [0.1, 0.15) is 11.1 Å². The van der Waals surface area contributed by atoms with E-state index >= 15 is 0 Å². The number of aryl methyl sites for hydroxylation is 1. The molecule has 2 aromatic carbocycles. The number of nitrogens with one attached hydrogen (secondary N) is 1. The second kappa shape index (κ2) is 7.12. The van der Waals surface area contributed by atoms with Crippen LogP contribution in [-0.2, 0) is 21.2 Å². The maximum absolute atomic E-state index is 12.3. The number of carboxylic acids is 1. The van der Waals surface area contributed by atoms with E-state index in [0.717, 1.165) is 5.56 Å². The van der Waals surface area contributed by atoms with Crippen molar-refractivity contribution < 1.29 is 18.3 Å². The van der Waals surface area contributed by atoms with Gasteiger partial charge in [-0.2, -0.15) is 0 Å². The molecule has 1 atom stereocenters. The largest absolute Gasteiger partial charge is 0.548 e. The predicted octanol–water partition coefficient (Wildman–Crippen LogP) is 1.29. The second-order valence-electron chi connectivity index (χ2n) is 5.14. The summed E-state index contributed by atoms with van der Waals surface area (Å²) in [5.41, 5.74) is 1.54. The zero-order chi connectivity index (χ0) is 17.0. The maximum Gasteiger partial charge on any atom is 0.241 e. The molecule has 0 saturated carbocycles. The van der Waals surface area contributed by atoms with E-state index < -0.39 is 22.0 Å². The molecule has 0 unspecified atom stereocenters. The first-order chi connectivity index (χ1) is 10.8. The van der Waals surface area contributed by atoms with Crippen molar-refractivity contribution in [2.75, 3.05) is 0 Å². The Balaban J connectivity index is 2.20. The Morgan fingerprint density at radius 2 is 1.70 bits per heavy atom. The van der Waals surface area contributed by atoms with Gasteiger partial charge in [-0.15, -0.1) is 0 Å². The van der Waals surface area contributed by atoms with Gasteiger partial charge in [0.15, 0.2) is 0 Å². The van der Waals surface area contributed by atoms with Gasteiger partial charge in [-0.1, -0.05) is 41.4 Å². The number of halogens is 1. The van der Waals surface area contributed by atoms with E-state index in [2.05, 4.69) is 4.72 Å². The first-order valence-electron chi connectivity index (χ1n) is 6.82. The highest BCUT2D eigenvalue weighted by Gasteiger charge is 2.21. The molecular formula is C16H15ClNO4S-. The zero-order valence-corrected chi connectivity index (χ0v) is 13.9. The van der Waals surface area contributed by atoms with Crippen molar-refractivity contribution >= 4 is 27.6 Å². The lowest BCUT2D eigenvalue weighted by molar-refractivity contribution is -0.307. The fourth-order valence-electron chi connectivity index (χ4n) is 2.00. The highest BCUT2D eigenvalue weighted by atomic mass is 35.5. The van der Waals surface area contributed by atoms with Gasteiger partial charge in [0.1, 0.15) is 0 Å². The van der Waals surface area contributed by atoms with Crippen molar-refractivity contribution in [2.24, 2.45) is 0 Å². The molecule has 0 aliphatic heterocycles. The van der Waals surface area contributed by atoms with Crippen LogP contribution in [0.15, 0.2) is 53.4 Å². The first kappa shape index (κ1) is 17.5. The summed E-state index contributed by atoms with van der Waals surface area (Å²) in [6.07, 6.45) is -0.0371. The Morgan fingerprint density at radius 3 is 2.22 bits per heavy atom. The third-order valence-corrected chi connectivity index (χ3v) is 5.01. The lowest BCUT2D eigenvalue weighted by Crippen LogP contribution is -2.49. The summed E-state index contributed by atoms with van der Waals surface area (Å²) in [5.74, 6) is -1.49. The number of benzene rings is 2. The smallest absolute Gasteiger partial charge is 0.241 e. The van der Waals surface area contributed by atoms with Crippen molar-refractivity contribution in [2.45, 2.75) is 24.3 Å². The van der Waals surface area contributed by atoms with Crippen LogP contribution in [-0.4, -0.2) is 20.4 Å². The predicted molar refractivity (Wildman–Crippen MR) is 85.5 cm³/mol. The van der Waals surface area contributed by atoms with Crippen LogP contribution in [0.3, 0.4) is 0 Å². The molecule has 0 heterocycles. The summed E-state index contributed by atoms with van der Waals surface area (Å²) in [7, 11) is -3.95. The average Bonchev–Trinajstić information content (AvgIpc) is 2.49. The van der Waals surface area contributed by atoms with Crippen molar-refractivity contribution in [1.29, 1.82) is 0 Å². The van der Waals surface area contributed by atoms with Crippen LogP contribution in [0, 0.1) is 6.92 Å². The van der Waals surface area contributed by atoms with E-state index in [9.17, 15) is 18.3 Å². The topological polar surface area (TPSA) is 86.3 Å². The Kier molecular flexibility index (Phi) is 5.41. The van der Waals surface area contributed by atoms with E-state index in [1.54, 1.807) is 36.4 Å². The molecule has 0 aromatic heterocycles. The Labute approximate surface area is 140 Å². The normalized spacial score (nSPS) is 12.8. The van der Waals surface area contributed by atoms with Gasteiger partial charge < -0.3 is 9.90 Å². The standard InChI is InChI=1S/C16H16ClNO4S/c1-11-2-8-14(9-3-11)23(21,22)18-15(16(19)20)10-12-4-6-13(17)7-5-12/h2-9,15,18H,10H2,1H3,(H,19,20)/p-1/t15-/m0/s1. The van der Waals surface area contributed by atoms with Gasteiger partial charge >= 0.3 is 0 Å². The molecule has 0 bridgehead atoms. The number of rotatable bonds is 6. The number of carbonyl (C=O) groups is 1.